The van der Waals surface area contributed by atoms with E-state index in [0.29, 0.717) is 30.4 Å². The van der Waals surface area contributed by atoms with E-state index in [9.17, 15) is 18.4 Å². The molecule has 1 aromatic heterocycles. The molecule has 3 fully saturated rings. The molecule has 1 saturated carbocycles. The van der Waals surface area contributed by atoms with Crippen LogP contribution in [0.15, 0.2) is 24.3 Å². The number of likely N-dealkylation sites (tertiary alicyclic amines) is 1. The summed E-state index contributed by atoms with van der Waals surface area (Å²) in [4.78, 5) is 29.8. The highest BCUT2D eigenvalue weighted by Gasteiger charge is 2.56. The second-order valence-electron chi connectivity index (χ2n) is 8.84. The Morgan fingerprint density at radius 2 is 1.94 bits per heavy atom. The molecular weight excluding hydrogens is 422 g/mol. The van der Waals surface area contributed by atoms with Crippen molar-refractivity contribution in [1.29, 1.82) is 0 Å². The average molecular weight is 447 g/mol. The predicted molar refractivity (Wildman–Crippen MR) is 112 cm³/mol. The highest BCUT2D eigenvalue weighted by atomic mass is 32.1. The van der Waals surface area contributed by atoms with E-state index in [1.165, 1.54) is 18.3 Å². The van der Waals surface area contributed by atoms with Crippen molar-refractivity contribution in [1.82, 2.24) is 10.2 Å². The van der Waals surface area contributed by atoms with Crippen molar-refractivity contribution in [3.8, 4) is 0 Å². The molecule has 4 atom stereocenters. The van der Waals surface area contributed by atoms with E-state index in [0.717, 1.165) is 23.4 Å². The third-order valence-electron chi connectivity index (χ3n) is 6.64. The van der Waals surface area contributed by atoms with Gasteiger partial charge in [-0.25, -0.2) is 8.78 Å². The van der Waals surface area contributed by atoms with Crippen molar-refractivity contribution in [2.75, 3.05) is 13.2 Å². The molecule has 0 bridgehead atoms. The maximum absolute atomic E-state index is 14.7. The number of amides is 2. The van der Waals surface area contributed by atoms with Gasteiger partial charge >= 0.3 is 0 Å². The zero-order chi connectivity index (χ0) is 21.9. The van der Waals surface area contributed by atoms with Gasteiger partial charge in [0.05, 0.1) is 24.1 Å². The van der Waals surface area contributed by atoms with Crippen molar-refractivity contribution in [2.45, 2.75) is 44.8 Å². The zero-order valence-electron chi connectivity index (χ0n) is 17.4. The van der Waals surface area contributed by atoms with Gasteiger partial charge in [-0.15, -0.1) is 11.3 Å². The molecule has 31 heavy (non-hydrogen) atoms. The van der Waals surface area contributed by atoms with Crippen molar-refractivity contribution >= 4 is 23.2 Å². The molecule has 5 rings (SSSR count). The van der Waals surface area contributed by atoms with Crippen molar-refractivity contribution in [3.05, 3.63) is 56.8 Å². The van der Waals surface area contributed by atoms with Gasteiger partial charge in [-0.3, -0.25) is 9.59 Å². The number of benzene rings is 1. The molecule has 1 aromatic carbocycles. The summed E-state index contributed by atoms with van der Waals surface area (Å²) < 4.78 is 34.2. The monoisotopic (exact) mass is 446 g/mol. The summed E-state index contributed by atoms with van der Waals surface area (Å²) in [5.41, 5.74) is 0.342. The minimum Gasteiger partial charge on any atom is -0.381 e. The highest BCUT2D eigenvalue weighted by molar-refractivity contribution is 7.13. The van der Waals surface area contributed by atoms with Crippen LogP contribution in [0.3, 0.4) is 0 Å². The Morgan fingerprint density at radius 3 is 2.58 bits per heavy atom. The Labute approximate surface area is 183 Å². The number of carbonyl (C=O) groups excluding carboxylic acids is 2. The summed E-state index contributed by atoms with van der Waals surface area (Å²) in [7, 11) is 0. The standard InChI is InChI=1S/C23H24F2N2O3S/c1-11-5-17(25)15(8-16(11)24)21(14-9-30-10-14)26-22(28)19-7-13-6-18(13)27(19)23(29)20-4-3-12(2)31-20/h3-5,8,13-14,18-19,21H,6-7,9-10H2,1-2H3,(H,26,28)/t13-,18-,19-,21-/m1/s1. The molecule has 164 valence electrons. The van der Waals surface area contributed by atoms with Gasteiger partial charge in [0.25, 0.3) is 5.91 Å². The van der Waals surface area contributed by atoms with Gasteiger partial charge in [0.15, 0.2) is 0 Å². The van der Waals surface area contributed by atoms with Crippen LogP contribution in [-0.2, 0) is 9.53 Å². The number of nitrogens with one attached hydrogen (secondary N) is 1. The molecule has 0 unspecified atom stereocenters. The van der Waals surface area contributed by atoms with Crippen LogP contribution in [0.1, 0.15) is 44.6 Å². The fourth-order valence-electron chi connectivity index (χ4n) is 4.70. The van der Waals surface area contributed by atoms with Crippen molar-refractivity contribution in [3.63, 3.8) is 0 Å². The first-order valence-corrected chi connectivity index (χ1v) is 11.4. The number of thiophene rings is 1. The molecule has 8 heteroatoms. The van der Waals surface area contributed by atoms with E-state index in [1.807, 2.05) is 13.0 Å². The Hall–Kier alpha value is -2.32. The van der Waals surface area contributed by atoms with Crippen LogP contribution in [0.4, 0.5) is 8.78 Å². The number of hydrogen-bond acceptors (Lipinski definition) is 4. The number of rotatable bonds is 5. The molecule has 1 aliphatic carbocycles. The topological polar surface area (TPSA) is 58.6 Å². The Kier molecular flexibility index (Phi) is 5.09. The number of fused-ring (bicyclic) bond motifs is 1. The normalized spacial score (nSPS) is 25.7. The van der Waals surface area contributed by atoms with Gasteiger partial charge in [-0.2, -0.15) is 0 Å². The quantitative estimate of drug-likeness (QED) is 0.761. The lowest BCUT2D eigenvalue weighted by atomic mass is 9.90. The predicted octanol–water partition coefficient (Wildman–Crippen LogP) is 3.75. The van der Waals surface area contributed by atoms with Crippen LogP contribution in [0.2, 0.25) is 0 Å². The van der Waals surface area contributed by atoms with Gasteiger partial charge in [-0.1, -0.05) is 0 Å². The second-order valence-corrected chi connectivity index (χ2v) is 10.1. The van der Waals surface area contributed by atoms with Gasteiger partial charge in [0, 0.05) is 22.4 Å². The number of piperidine rings is 1. The van der Waals surface area contributed by atoms with Gasteiger partial charge in [0.1, 0.15) is 17.7 Å². The van der Waals surface area contributed by atoms with Crippen LogP contribution < -0.4 is 5.32 Å². The molecule has 3 aliphatic rings. The van der Waals surface area contributed by atoms with Crippen LogP contribution in [0, 0.1) is 37.3 Å². The highest BCUT2D eigenvalue weighted by Crippen LogP contribution is 2.49. The third kappa shape index (κ3) is 3.65. The zero-order valence-corrected chi connectivity index (χ0v) is 18.2. The molecule has 3 heterocycles. The van der Waals surface area contributed by atoms with E-state index in [2.05, 4.69) is 5.32 Å². The molecule has 0 radical (unpaired) electrons. The first-order valence-electron chi connectivity index (χ1n) is 10.6. The van der Waals surface area contributed by atoms with E-state index in [-0.39, 0.29) is 34.9 Å². The Balaban J connectivity index is 1.39. The molecule has 2 aromatic rings. The van der Waals surface area contributed by atoms with E-state index >= 15 is 0 Å². The lowest BCUT2D eigenvalue weighted by Gasteiger charge is -2.36. The molecule has 5 nitrogen and oxygen atoms in total. The molecule has 2 amide bonds. The van der Waals surface area contributed by atoms with Crippen LogP contribution >= 0.6 is 11.3 Å². The number of nitrogens with zero attached hydrogens (tertiary/aromatic N) is 1. The molecule has 0 spiro atoms. The fraction of sp³-hybridized carbons (Fsp3) is 0.478. The molecule has 1 N–H and O–H groups in total. The third-order valence-corrected chi connectivity index (χ3v) is 7.63. The SMILES string of the molecule is Cc1ccc(C(=O)N2[C@@H](C(=O)N[C@@H](c3cc(F)c(C)cc3F)C3COC3)C[C@H]3C[C@H]32)s1. The number of ether oxygens (including phenoxy) is 1. The minimum absolute atomic E-state index is 0.0877. The minimum atomic E-state index is -0.700. The van der Waals surface area contributed by atoms with E-state index in [1.54, 1.807) is 11.0 Å². The van der Waals surface area contributed by atoms with Gasteiger partial charge < -0.3 is 15.0 Å². The Morgan fingerprint density at radius 1 is 1.16 bits per heavy atom. The summed E-state index contributed by atoms with van der Waals surface area (Å²) in [5, 5.41) is 2.93. The lowest BCUT2D eigenvalue weighted by Crippen LogP contribution is -2.51. The van der Waals surface area contributed by atoms with Gasteiger partial charge in [0.2, 0.25) is 5.91 Å². The smallest absolute Gasteiger partial charge is 0.264 e. The maximum atomic E-state index is 14.7. The van der Waals surface area contributed by atoms with Crippen LogP contribution in [0.5, 0.6) is 0 Å². The summed E-state index contributed by atoms with van der Waals surface area (Å²) in [5.74, 6) is -1.30. The Bertz CT molecular complexity index is 1050. The average Bonchev–Trinajstić information content (AvgIpc) is 3.13. The largest absolute Gasteiger partial charge is 0.381 e. The summed E-state index contributed by atoms with van der Waals surface area (Å²) in [6.45, 7) is 4.18. The van der Waals surface area contributed by atoms with Crippen molar-refractivity contribution in [2.24, 2.45) is 11.8 Å². The molecular formula is C23H24F2N2O3S. The maximum Gasteiger partial charge on any atom is 0.264 e. The molecule has 2 aliphatic heterocycles. The first-order chi connectivity index (χ1) is 14.8. The number of hydrogen-bond donors (Lipinski definition) is 1. The number of halogens is 2. The van der Waals surface area contributed by atoms with Gasteiger partial charge in [-0.05, 0) is 62.4 Å². The number of aryl methyl sites for hydroxylation is 2. The van der Waals surface area contributed by atoms with Crippen LogP contribution in [-0.4, -0.2) is 42.0 Å². The summed E-state index contributed by atoms with van der Waals surface area (Å²) in [6, 6.07) is 4.81. The van der Waals surface area contributed by atoms with E-state index < -0.39 is 23.7 Å². The first kappa shape index (κ1) is 20.6. The van der Waals surface area contributed by atoms with Crippen LogP contribution in [0.25, 0.3) is 0 Å². The lowest BCUT2D eigenvalue weighted by molar-refractivity contribution is -0.128. The number of carbonyl (C=O) groups is 2. The molecule has 2 saturated heterocycles. The van der Waals surface area contributed by atoms with Crippen molar-refractivity contribution < 1.29 is 23.1 Å². The fourth-order valence-corrected chi connectivity index (χ4v) is 5.52. The second kappa shape index (κ2) is 7.67. The summed E-state index contributed by atoms with van der Waals surface area (Å²) >= 11 is 1.42. The summed E-state index contributed by atoms with van der Waals surface area (Å²) in [6.07, 6.45) is 1.52. The van der Waals surface area contributed by atoms with E-state index in [4.69, 9.17) is 4.74 Å².